The molecule has 0 amide bonds. The normalized spacial score (nSPS) is 25.8. The summed E-state index contributed by atoms with van der Waals surface area (Å²) in [4.78, 5) is 1.24. The first-order chi connectivity index (χ1) is 7.20. The Morgan fingerprint density at radius 3 is 3.00 bits per heavy atom. The standard InChI is InChI=1S/C12H16OS2/c1-8-5-12(13)11-6-10(14-2)4-3-9(11)7-15-8/h3-4,6,8,12-13H,5,7H2,1-2H3. The van der Waals surface area contributed by atoms with E-state index in [-0.39, 0.29) is 6.10 Å². The fraction of sp³-hybridized carbons (Fsp3) is 0.500. The highest BCUT2D eigenvalue weighted by atomic mass is 32.2. The molecule has 2 atom stereocenters. The van der Waals surface area contributed by atoms with E-state index in [0.717, 1.165) is 17.7 Å². The molecule has 1 aliphatic heterocycles. The van der Waals surface area contributed by atoms with E-state index in [2.05, 4.69) is 31.4 Å². The molecule has 0 fully saturated rings. The summed E-state index contributed by atoms with van der Waals surface area (Å²) >= 11 is 3.67. The van der Waals surface area contributed by atoms with E-state index < -0.39 is 0 Å². The zero-order valence-corrected chi connectivity index (χ0v) is 10.7. The molecule has 0 bridgehead atoms. The molecule has 15 heavy (non-hydrogen) atoms. The molecule has 0 saturated heterocycles. The van der Waals surface area contributed by atoms with E-state index in [9.17, 15) is 5.11 Å². The number of fused-ring (bicyclic) bond motifs is 1. The van der Waals surface area contributed by atoms with Gasteiger partial charge in [0.25, 0.3) is 0 Å². The Labute approximate surface area is 99.7 Å². The molecule has 1 nitrogen and oxygen atoms in total. The summed E-state index contributed by atoms with van der Waals surface area (Å²) in [5.41, 5.74) is 2.44. The van der Waals surface area contributed by atoms with Crippen LogP contribution in [0.3, 0.4) is 0 Å². The number of aliphatic hydroxyl groups is 1. The maximum Gasteiger partial charge on any atom is 0.0803 e. The molecular formula is C12H16OS2. The van der Waals surface area contributed by atoms with Crippen molar-refractivity contribution in [2.45, 2.75) is 35.3 Å². The summed E-state index contributed by atoms with van der Waals surface area (Å²) in [6.45, 7) is 2.19. The SMILES string of the molecule is CSc1ccc2c(c1)C(O)CC(C)SC2. The summed E-state index contributed by atoms with van der Waals surface area (Å²) in [6, 6.07) is 6.45. The molecule has 0 aliphatic carbocycles. The van der Waals surface area contributed by atoms with E-state index in [1.54, 1.807) is 11.8 Å². The van der Waals surface area contributed by atoms with E-state index >= 15 is 0 Å². The van der Waals surface area contributed by atoms with Crippen LogP contribution in [-0.2, 0) is 5.75 Å². The summed E-state index contributed by atoms with van der Waals surface area (Å²) in [5.74, 6) is 1.03. The van der Waals surface area contributed by atoms with Crippen LogP contribution in [0.5, 0.6) is 0 Å². The van der Waals surface area contributed by atoms with Gasteiger partial charge in [-0.3, -0.25) is 0 Å². The van der Waals surface area contributed by atoms with Crippen molar-refractivity contribution in [3.8, 4) is 0 Å². The first kappa shape index (κ1) is 11.4. The first-order valence-corrected chi connectivity index (χ1v) is 7.44. The van der Waals surface area contributed by atoms with Crippen molar-refractivity contribution < 1.29 is 5.11 Å². The monoisotopic (exact) mass is 240 g/mol. The van der Waals surface area contributed by atoms with Gasteiger partial charge in [-0.15, -0.1) is 11.8 Å². The molecule has 1 aliphatic rings. The van der Waals surface area contributed by atoms with Gasteiger partial charge in [0.1, 0.15) is 0 Å². The van der Waals surface area contributed by atoms with E-state index in [1.165, 1.54) is 10.5 Å². The third-order valence-corrected chi connectivity index (χ3v) is 4.76. The van der Waals surface area contributed by atoms with Crippen molar-refractivity contribution >= 4 is 23.5 Å². The predicted octanol–water partition coefficient (Wildman–Crippen LogP) is 3.47. The van der Waals surface area contributed by atoms with Gasteiger partial charge < -0.3 is 5.11 Å². The van der Waals surface area contributed by atoms with Gasteiger partial charge in [-0.2, -0.15) is 11.8 Å². The van der Waals surface area contributed by atoms with Gasteiger partial charge >= 0.3 is 0 Å². The lowest BCUT2D eigenvalue weighted by atomic mass is 10.0. The van der Waals surface area contributed by atoms with Crippen LogP contribution in [0.15, 0.2) is 23.1 Å². The van der Waals surface area contributed by atoms with Crippen LogP contribution in [0.2, 0.25) is 0 Å². The van der Waals surface area contributed by atoms with Gasteiger partial charge in [0.05, 0.1) is 6.10 Å². The van der Waals surface area contributed by atoms with Crippen molar-refractivity contribution in [1.82, 2.24) is 0 Å². The quantitative estimate of drug-likeness (QED) is 0.759. The number of thioether (sulfide) groups is 2. The molecule has 2 unspecified atom stereocenters. The fourth-order valence-corrected chi connectivity index (χ4v) is 3.38. The van der Waals surface area contributed by atoms with Crippen LogP contribution in [0.25, 0.3) is 0 Å². The van der Waals surface area contributed by atoms with Crippen molar-refractivity contribution in [1.29, 1.82) is 0 Å². The van der Waals surface area contributed by atoms with Crippen LogP contribution in [0.4, 0.5) is 0 Å². The van der Waals surface area contributed by atoms with Gasteiger partial charge in [0.2, 0.25) is 0 Å². The Kier molecular flexibility index (Phi) is 3.65. The molecule has 0 radical (unpaired) electrons. The second kappa shape index (κ2) is 4.81. The Morgan fingerprint density at radius 2 is 2.27 bits per heavy atom. The molecule has 1 aromatic rings. The molecule has 0 spiro atoms. The maximum atomic E-state index is 10.1. The molecule has 1 aromatic carbocycles. The van der Waals surface area contributed by atoms with E-state index in [0.29, 0.717) is 5.25 Å². The Morgan fingerprint density at radius 1 is 1.47 bits per heavy atom. The minimum Gasteiger partial charge on any atom is -0.388 e. The van der Waals surface area contributed by atoms with Gasteiger partial charge in [0, 0.05) is 15.9 Å². The third kappa shape index (κ3) is 2.52. The van der Waals surface area contributed by atoms with E-state index in [4.69, 9.17) is 0 Å². The topological polar surface area (TPSA) is 20.2 Å². The smallest absolute Gasteiger partial charge is 0.0803 e. The maximum absolute atomic E-state index is 10.1. The average Bonchev–Trinajstić information content (AvgIpc) is 2.38. The van der Waals surface area contributed by atoms with Gasteiger partial charge in [-0.25, -0.2) is 0 Å². The Balaban J connectivity index is 2.36. The second-order valence-corrected chi connectivity index (χ2v) is 6.24. The van der Waals surface area contributed by atoms with Crippen LogP contribution in [0.1, 0.15) is 30.6 Å². The van der Waals surface area contributed by atoms with Crippen LogP contribution < -0.4 is 0 Å². The van der Waals surface area contributed by atoms with Crippen LogP contribution in [-0.4, -0.2) is 16.6 Å². The number of hydrogen-bond acceptors (Lipinski definition) is 3. The van der Waals surface area contributed by atoms with Crippen molar-refractivity contribution in [2.75, 3.05) is 6.26 Å². The van der Waals surface area contributed by atoms with Crippen molar-refractivity contribution in [2.24, 2.45) is 0 Å². The van der Waals surface area contributed by atoms with Gasteiger partial charge in [-0.1, -0.05) is 13.0 Å². The largest absolute Gasteiger partial charge is 0.388 e. The second-order valence-electron chi connectivity index (χ2n) is 3.94. The first-order valence-electron chi connectivity index (χ1n) is 5.17. The lowest BCUT2D eigenvalue weighted by molar-refractivity contribution is 0.168. The molecule has 2 rings (SSSR count). The van der Waals surface area contributed by atoms with E-state index in [1.807, 2.05) is 11.8 Å². The number of benzene rings is 1. The molecule has 3 heteroatoms. The average molecular weight is 240 g/mol. The predicted molar refractivity (Wildman–Crippen MR) is 68.6 cm³/mol. The molecular weight excluding hydrogens is 224 g/mol. The highest BCUT2D eigenvalue weighted by molar-refractivity contribution is 7.99. The molecule has 82 valence electrons. The summed E-state index contributed by atoms with van der Waals surface area (Å²) in [7, 11) is 0. The summed E-state index contributed by atoms with van der Waals surface area (Å²) in [6.07, 6.45) is 2.66. The van der Waals surface area contributed by atoms with Crippen molar-refractivity contribution in [3.05, 3.63) is 29.3 Å². The van der Waals surface area contributed by atoms with Crippen LogP contribution in [0, 0.1) is 0 Å². The number of aliphatic hydroxyl groups excluding tert-OH is 1. The molecule has 1 heterocycles. The number of hydrogen-bond donors (Lipinski definition) is 1. The lowest BCUT2D eigenvalue weighted by Gasteiger charge is -2.13. The molecule has 0 aromatic heterocycles. The van der Waals surface area contributed by atoms with Crippen LogP contribution >= 0.6 is 23.5 Å². The summed E-state index contributed by atoms with van der Waals surface area (Å²) < 4.78 is 0. The highest BCUT2D eigenvalue weighted by Crippen LogP contribution is 2.36. The molecule has 0 saturated carbocycles. The molecule has 1 N–H and O–H groups in total. The minimum atomic E-state index is -0.280. The Bertz CT molecular complexity index is 351. The van der Waals surface area contributed by atoms with Crippen molar-refractivity contribution in [3.63, 3.8) is 0 Å². The number of rotatable bonds is 1. The minimum absolute atomic E-state index is 0.280. The van der Waals surface area contributed by atoms with Gasteiger partial charge in [-0.05, 0) is 35.9 Å². The highest BCUT2D eigenvalue weighted by Gasteiger charge is 2.20. The summed E-state index contributed by atoms with van der Waals surface area (Å²) in [5, 5.41) is 10.7. The van der Waals surface area contributed by atoms with Gasteiger partial charge in [0.15, 0.2) is 0 Å². The third-order valence-electron chi connectivity index (χ3n) is 2.79. The zero-order chi connectivity index (χ0) is 10.8. The Hall–Kier alpha value is -0.120. The lowest BCUT2D eigenvalue weighted by Crippen LogP contribution is -2.03. The fourth-order valence-electron chi connectivity index (χ4n) is 1.88. The zero-order valence-electron chi connectivity index (χ0n) is 9.06.